The maximum atomic E-state index is 5.90. The van der Waals surface area contributed by atoms with Crippen molar-refractivity contribution in [3.63, 3.8) is 0 Å². The highest BCUT2D eigenvalue weighted by atomic mass is 32.1. The third-order valence-corrected chi connectivity index (χ3v) is 4.14. The number of fused-ring (bicyclic) bond motifs is 1. The van der Waals surface area contributed by atoms with E-state index in [-0.39, 0.29) is 6.04 Å². The quantitative estimate of drug-likeness (QED) is 0.755. The molecule has 3 rings (SSSR count). The van der Waals surface area contributed by atoms with Gasteiger partial charge in [0.05, 0.1) is 5.52 Å². The lowest BCUT2D eigenvalue weighted by Gasteiger charge is -2.17. The standard InChI is InChI=1S/C16H17N3S/c17-11-13(10-12-6-2-1-3-7-12)18-16-14-8-4-5-9-15(14)19-20-16/h1-9,13,18H,10-11,17H2. The Balaban J connectivity index is 1.78. The molecule has 102 valence electrons. The molecular weight excluding hydrogens is 266 g/mol. The van der Waals surface area contributed by atoms with Gasteiger partial charge in [0.25, 0.3) is 0 Å². The SMILES string of the molecule is NCC(Cc1ccccc1)Nc1snc2ccccc12. The molecule has 1 atom stereocenters. The highest BCUT2D eigenvalue weighted by Gasteiger charge is 2.11. The van der Waals surface area contributed by atoms with Gasteiger partial charge in [-0.15, -0.1) is 0 Å². The van der Waals surface area contributed by atoms with Gasteiger partial charge in [0.2, 0.25) is 0 Å². The van der Waals surface area contributed by atoms with Crippen LogP contribution >= 0.6 is 11.5 Å². The number of rotatable bonds is 5. The highest BCUT2D eigenvalue weighted by molar-refractivity contribution is 7.11. The molecule has 0 aliphatic rings. The molecule has 0 aliphatic heterocycles. The van der Waals surface area contributed by atoms with Crippen LogP contribution in [0.15, 0.2) is 54.6 Å². The average molecular weight is 283 g/mol. The highest BCUT2D eigenvalue weighted by Crippen LogP contribution is 2.28. The second-order valence-electron chi connectivity index (χ2n) is 4.80. The van der Waals surface area contributed by atoms with Crippen molar-refractivity contribution in [2.75, 3.05) is 11.9 Å². The fourth-order valence-corrected chi connectivity index (χ4v) is 3.11. The van der Waals surface area contributed by atoms with Gasteiger partial charge in [-0.3, -0.25) is 0 Å². The lowest BCUT2D eigenvalue weighted by molar-refractivity contribution is 0.727. The van der Waals surface area contributed by atoms with Crippen LogP contribution in [0.2, 0.25) is 0 Å². The summed E-state index contributed by atoms with van der Waals surface area (Å²) in [7, 11) is 0. The molecule has 0 radical (unpaired) electrons. The van der Waals surface area contributed by atoms with Gasteiger partial charge in [-0.2, -0.15) is 4.37 Å². The van der Waals surface area contributed by atoms with E-state index in [0.29, 0.717) is 6.54 Å². The molecule has 0 saturated heterocycles. The van der Waals surface area contributed by atoms with E-state index in [9.17, 15) is 0 Å². The fourth-order valence-electron chi connectivity index (χ4n) is 2.27. The van der Waals surface area contributed by atoms with Crippen molar-refractivity contribution in [2.24, 2.45) is 5.73 Å². The number of anilines is 1. The molecule has 0 fully saturated rings. The van der Waals surface area contributed by atoms with E-state index in [1.54, 1.807) is 0 Å². The van der Waals surface area contributed by atoms with Gasteiger partial charge in [-0.05, 0) is 35.6 Å². The maximum Gasteiger partial charge on any atom is 0.117 e. The average Bonchev–Trinajstić information content (AvgIpc) is 2.91. The fraction of sp³-hybridized carbons (Fsp3) is 0.188. The first-order chi connectivity index (χ1) is 9.86. The van der Waals surface area contributed by atoms with Crippen molar-refractivity contribution in [1.82, 2.24) is 4.37 Å². The molecular formula is C16H17N3S. The molecule has 1 aromatic heterocycles. The Hall–Kier alpha value is -1.91. The van der Waals surface area contributed by atoms with E-state index in [2.05, 4.69) is 40.0 Å². The zero-order valence-corrected chi connectivity index (χ0v) is 11.9. The molecule has 1 heterocycles. The predicted octanol–water partition coefficient (Wildman–Crippen LogP) is 3.28. The molecule has 0 amide bonds. The molecule has 1 unspecified atom stereocenters. The number of aromatic nitrogens is 1. The van der Waals surface area contributed by atoms with Crippen molar-refractivity contribution in [3.05, 3.63) is 60.2 Å². The molecule has 0 saturated carbocycles. The summed E-state index contributed by atoms with van der Waals surface area (Å²) in [5, 5.41) is 5.81. The molecule has 2 aromatic carbocycles. The van der Waals surface area contributed by atoms with Gasteiger partial charge in [-0.25, -0.2) is 0 Å². The molecule has 3 N–H and O–H groups in total. The smallest absolute Gasteiger partial charge is 0.117 e. The lowest BCUT2D eigenvalue weighted by Crippen LogP contribution is -2.30. The summed E-state index contributed by atoms with van der Waals surface area (Å²) in [6, 6.07) is 18.8. The minimum absolute atomic E-state index is 0.223. The lowest BCUT2D eigenvalue weighted by atomic mass is 10.1. The van der Waals surface area contributed by atoms with Crippen LogP contribution in [0.1, 0.15) is 5.56 Å². The summed E-state index contributed by atoms with van der Waals surface area (Å²) >= 11 is 1.50. The topological polar surface area (TPSA) is 50.9 Å². The van der Waals surface area contributed by atoms with Gasteiger partial charge in [-0.1, -0.05) is 42.5 Å². The number of hydrogen-bond acceptors (Lipinski definition) is 4. The molecule has 4 heteroatoms. The van der Waals surface area contributed by atoms with E-state index in [1.807, 2.05) is 24.3 Å². The minimum atomic E-state index is 0.223. The molecule has 0 spiro atoms. The van der Waals surface area contributed by atoms with Crippen LogP contribution < -0.4 is 11.1 Å². The summed E-state index contributed by atoms with van der Waals surface area (Å²) in [5.74, 6) is 0. The van der Waals surface area contributed by atoms with E-state index in [1.165, 1.54) is 22.5 Å². The van der Waals surface area contributed by atoms with Crippen molar-refractivity contribution in [2.45, 2.75) is 12.5 Å². The molecule has 0 bridgehead atoms. The molecule has 0 aliphatic carbocycles. The van der Waals surface area contributed by atoms with Gasteiger partial charge in [0.15, 0.2) is 0 Å². The number of hydrogen-bond donors (Lipinski definition) is 2. The first kappa shape index (κ1) is 13.1. The Morgan fingerprint density at radius 1 is 1.05 bits per heavy atom. The third kappa shape index (κ3) is 2.81. The second kappa shape index (κ2) is 6.03. The zero-order chi connectivity index (χ0) is 13.8. The van der Waals surface area contributed by atoms with Crippen molar-refractivity contribution in [1.29, 1.82) is 0 Å². The van der Waals surface area contributed by atoms with Crippen molar-refractivity contribution >= 4 is 27.4 Å². The Morgan fingerprint density at radius 2 is 1.80 bits per heavy atom. The van der Waals surface area contributed by atoms with E-state index >= 15 is 0 Å². The van der Waals surface area contributed by atoms with Crippen LogP contribution in [-0.4, -0.2) is 17.0 Å². The largest absolute Gasteiger partial charge is 0.371 e. The Kier molecular flexibility index (Phi) is 3.95. The molecule has 3 nitrogen and oxygen atoms in total. The van der Waals surface area contributed by atoms with Gasteiger partial charge < -0.3 is 11.1 Å². The third-order valence-electron chi connectivity index (χ3n) is 3.33. The first-order valence-electron chi connectivity index (χ1n) is 6.72. The van der Waals surface area contributed by atoms with Crippen LogP contribution in [0.5, 0.6) is 0 Å². The number of benzene rings is 2. The summed E-state index contributed by atoms with van der Waals surface area (Å²) in [4.78, 5) is 0. The Bertz CT molecular complexity index is 678. The van der Waals surface area contributed by atoms with Gasteiger partial charge in [0, 0.05) is 18.0 Å². The Morgan fingerprint density at radius 3 is 2.60 bits per heavy atom. The predicted molar refractivity (Wildman–Crippen MR) is 86.2 cm³/mol. The normalized spacial score (nSPS) is 12.4. The second-order valence-corrected chi connectivity index (χ2v) is 5.57. The van der Waals surface area contributed by atoms with Crippen LogP contribution in [0.4, 0.5) is 5.00 Å². The molecule has 20 heavy (non-hydrogen) atoms. The monoisotopic (exact) mass is 283 g/mol. The van der Waals surface area contributed by atoms with Gasteiger partial charge in [0.1, 0.15) is 5.00 Å². The summed E-state index contributed by atoms with van der Waals surface area (Å²) < 4.78 is 4.45. The van der Waals surface area contributed by atoms with Gasteiger partial charge >= 0.3 is 0 Å². The van der Waals surface area contributed by atoms with Crippen LogP contribution in [0.3, 0.4) is 0 Å². The number of nitrogens with two attached hydrogens (primary N) is 1. The summed E-state index contributed by atoms with van der Waals surface area (Å²) in [6.07, 6.45) is 0.920. The van der Waals surface area contributed by atoms with Crippen LogP contribution in [0.25, 0.3) is 10.9 Å². The molecule has 3 aromatic rings. The van der Waals surface area contributed by atoms with Crippen molar-refractivity contribution < 1.29 is 0 Å². The van der Waals surface area contributed by atoms with Crippen LogP contribution in [-0.2, 0) is 6.42 Å². The Labute approximate surface area is 122 Å². The van der Waals surface area contributed by atoms with E-state index < -0.39 is 0 Å². The minimum Gasteiger partial charge on any atom is -0.371 e. The van der Waals surface area contributed by atoms with Crippen molar-refractivity contribution in [3.8, 4) is 0 Å². The summed E-state index contributed by atoms with van der Waals surface area (Å²) in [5.41, 5.74) is 8.24. The van der Waals surface area contributed by atoms with Crippen LogP contribution in [0, 0.1) is 0 Å². The van der Waals surface area contributed by atoms with E-state index in [0.717, 1.165) is 16.9 Å². The zero-order valence-electron chi connectivity index (χ0n) is 11.1. The maximum absolute atomic E-state index is 5.90. The number of nitrogens with zero attached hydrogens (tertiary/aromatic N) is 1. The van der Waals surface area contributed by atoms with E-state index in [4.69, 9.17) is 5.73 Å². The first-order valence-corrected chi connectivity index (χ1v) is 7.49. The summed E-state index contributed by atoms with van der Waals surface area (Å²) in [6.45, 7) is 0.598. The number of nitrogens with one attached hydrogen (secondary N) is 1.